The van der Waals surface area contributed by atoms with Gasteiger partial charge in [0.15, 0.2) is 0 Å². The van der Waals surface area contributed by atoms with Gasteiger partial charge in [-0.15, -0.1) is 0 Å². The molecule has 0 amide bonds. The number of para-hydroxylation sites is 3. The summed E-state index contributed by atoms with van der Waals surface area (Å²) in [6, 6.07) is 32.2. The van der Waals surface area contributed by atoms with Crippen LogP contribution in [0.3, 0.4) is 0 Å². The largest absolute Gasteiger partial charge is 0.294 e. The van der Waals surface area contributed by atoms with Crippen molar-refractivity contribution >= 4 is 38.8 Å². The molecule has 1 unspecified atom stereocenters. The summed E-state index contributed by atoms with van der Waals surface area (Å²) in [4.78, 5) is 5.23. The van der Waals surface area contributed by atoms with Crippen LogP contribution in [-0.4, -0.2) is 14.1 Å². The summed E-state index contributed by atoms with van der Waals surface area (Å²) in [6.45, 7) is 2.28. The molecule has 0 N–H and O–H groups in total. The Morgan fingerprint density at radius 1 is 0.636 bits per heavy atom. The fourth-order valence-electron chi connectivity index (χ4n) is 5.44. The van der Waals surface area contributed by atoms with Gasteiger partial charge in [-0.25, -0.2) is 4.98 Å². The fourth-order valence-corrected chi connectivity index (χ4v) is 5.44. The number of aromatic nitrogens is 3. The first kappa shape index (κ1) is 18.5. The summed E-state index contributed by atoms with van der Waals surface area (Å²) >= 11 is 0. The Kier molecular flexibility index (Phi) is 3.88. The SMILES string of the molecule is CC1C=Cc2c(c3ccccc3n2-c2cccc(-n3c4ccccc4c4ccccc43)n2)C1. The molecule has 0 bridgehead atoms. The van der Waals surface area contributed by atoms with Gasteiger partial charge in [0, 0.05) is 16.2 Å². The highest BCUT2D eigenvalue weighted by Crippen LogP contribution is 2.36. The summed E-state index contributed by atoms with van der Waals surface area (Å²) < 4.78 is 4.61. The summed E-state index contributed by atoms with van der Waals surface area (Å²) in [6.07, 6.45) is 5.65. The number of fused-ring (bicyclic) bond motifs is 6. The van der Waals surface area contributed by atoms with Crippen LogP contribution in [0.4, 0.5) is 0 Å². The molecule has 1 aliphatic rings. The molecule has 158 valence electrons. The minimum absolute atomic E-state index is 0.550. The van der Waals surface area contributed by atoms with Gasteiger partial charge >= 0.3 is 0 Å². The van der Waals surface area contributed by atoms with Gasteiger partial charge in [-0.2, -0.15) is 0 Å². The highest BCUT2D eigenvalue weighted by Gasteiger charge is 2.21. The van der Waals surface area contributed by atoms with Crippen LogP contribution in [0.2, 0.25) is 0 Å². The topological polar surface area (TPSA) is 22.8 Å². The molecule has 0 radical (unpaired) electrons. The summed E-state index contributed by atoms with van der Waals surface area (Å²) in [5.74, 6) is 2.43. The highest BCUT2D eigenvalue weighted by molar-refractivity contribution is 6.09. The van der Waals surface area contributed by atoms with Crippen LogP contribution in [0, 0.1) is 5.92 Å². The van der Waals surface area contributed by atoms with Crippen LogP contribution in [0.1, 0.15) is 18.2 Å². The third-order valence-electron chi connectivity index (χ3n) is 6.89. The number of pyridine rings is 1. The van der Waals surface area contributed by atoms with Crippen molar-refractivity contribution in [2.24, 2.45) is 5.92 Å². The van der Waals surface area contributed by atoms with Crippen molar-refractivity contribution < 1.29 is 0 Å². The van der Waals surface area contributed by atoms with Crippen molar-refractivity contribution in [3.63, 3.8) is 0 Å². The van der Waals surface area contributed by atoms with Crippen LogP contribution in [0.25, 0.3) is 50.4 Å². The highest BCUT2D eigenvalue weighted by atomic mass is 15.1. The first-order valence-electron chi connectivity index (χ1n) is 11.6. The Labute approximate surface area is 192 Å². The lowest BCUT2D eigenvalue weighted by atomic mass is 9.93. The normalized spacial score (nSPS) is 15.5. The van der Waals surface area contributed by atoms with Crippen LogP contribution in [-0.2, 0) is 6.42 Å². The minimum atomic E-state index is 0.550. The quantitative estimate of drug-likeness (QED) is 0.285. The van der Waals surface area contributed by atoms with Gasteiger partial charge < -0.3 is 0 Å². The van der Waals surface area contributed by atoms with Crippen molar-refractivity contribution in [2.45, 2.75) is 13.3 Å². The minimum Gasteiger partial charge on any atom is -0.294 e. The van der Waals surface area contributed by atoms with Crippen LogP contribution in [0.5, 0.6) is 0 Å². The molecular formula is C30H23N3. The zero-order chi connectivity index (χ0) is 21.9. The molecule has 0 saturated heterocycles. The maximum absolute atomic E-state index is 5.23. The standard InChI is InChI=1S/C30H23N3/c1-20-17-18-28-24(19-20)23-11-4-7-14-27(23)33(28)30-16-8-15-29(31-30)32-25-12-5-2-9-21(25)22-10-3-6-13-26(22)32/h2-18,20H,19H2,1H3. The molecule has 3 aromatic carbocycles. The Hall–Kier alpha value is -4.11. The average molecular weight is 426 g/mol. The lowest BCUT2D eigenvalue weighted by Crippen LogP contribution is -2.07. The van der Waals surface area contributed by atoms with E-state index < -0.39 is 0 Å². The number of nitrogens with zero attached hydrogens (tertiary/aromatic N) is 3. The molecule has 0 saturated carbocycles. The number of rotatable bonds is 2. The monoisotopic (exact) mass is 425 g/mol. The van der Waals surface area contributed by atoms with Gasteiger partial charge in [0.2, 0.25) is 0 Å². The molecule has 6 aromatic rings. The molecular weight excluding hydrogens is 402 g/mol. The second-order valence-electron chi connectivity index (χ2n) is 8.98. The van der Waals surface area contributed by atoms with Crippen LogP contribution in [0.15, 0.2) is 97.1 Å². The van der Waals surface area contributed by atoms with Crippen LogP contribution >= 0.6 is 0 Å². The fraction of sp³-hybridized carbons (Fsp3) is 0.100. The van der Waals surface area contributed by atoms with E-state index in [1.165, 1.54) is 44.0 Å². The third kappa shape index (κ3) is 2.66. The molecule has 3 heteroatoms. The van der Waals surface area contributed by atoms with Crippen molar-refractivity contribution in [1.29, 1.82) is 0 Å². The van der Waals surface area contributed by atoms with Crippen molar-refractivity contribution in [2.75, 3.05) is 0 Å². The van der Waals surface area contributed by atoms with E-state index in [0.717, 1.165) is 18.1 Å². The number of hydrogen-bond acceptors (Lipinski definition) is 1. The lowest BCUT2D eigenvalue weighted by Gasteiger charge is -2.16. The summed E-state index contributed by atoms with van der Waals surface area (Å²) in [7, 11) is 0. The predicted octanol–water partition coefficient (Wildman–Crippen LogP) is 7.33. The number of hydrogen-bond donors (Lipinski definition) is 0. The Balaban J connectivity index is 1.51. The zero-order valence-corrected chi connectivity index (χ0v) is 18.4. The molecule has 1 aliphatic carbocycles. The van der Waals surface area contributed by atoms with Crippen LogP contribution < -0.4 is 0 Å². The van der Waals surface area contributed by atoms with E-state index in [9.17, 15) is 0 Å². The maximum atomic E-state index is 5.23. The molecule has 7 rings (SSSR count). The number of allylic oxidation sites excluding steroid dienone is 1. The van der Waals surface area contributed by atoms with E-state index in [2.05, 4.69) is 119 Å². The zero-order valence-electron chi connectivity index (χ0n) is 18.4. The molecule has 33 heavy (non-hydrogen) atoms. The van der Waals surface area contributed by atoms with Gasteiger partial charge in [-0.3, -0.25) is 9.13 Å². The summed E-state index contributed by atoms with van der Waals surface area (Å²) in [5, 5.41) is 3.83. The second-order valence-corrected chi connectivity index (χ2v) is 8.98. The summed E-state index contributed by atoms with van der Waals surface area (Å²) in [5.41, 5.74) is 6.24. The van der Waals surface area contributed by atoms with E-state index in [1.807, 2.05) is 0 Å². The Morgan fingerprint density at radius 3 is 1.85 bits per heavy atom. The molecule has 3 aromatic heterocycles. The van der Waals surface area contributed by atoms with E-state index in [1.54, 1.807) is 0 Å². The van der Waals surface area contributed by atoms with Crippen molar-refractivity contribution in [3.05, 3.63) is 108 Å². The van der Waals surface area contributed by atoms with Gasteiger partial charge in [0.05, 0.1) is 22.2 Å². The van der Waals surface area contributed by atoms with E-state index in [0.29, 0.717) is 5.92 Å². The molecule has 3 nitrogen and oxygen atoms in total. The maximum Gasteiger partial charge on any atom is 0.140 e. The van der Waals surface area contributed by atoms with E-state index in [4.69, 9.17) is 4.98 Å². The third-order valence-corrected chi connectivity index (χ3v) is 6.89. The first-order valence-corrected chi connectivity index (χ1v) is 11.6. The van der Waals surface area contributed by atoms with Gasteiger partial charge in [0.1, 0.15) is 11.6 Å². The Bertz CT molecular complexity index is 1660. The second kappa shape index (κ2) is 6.94. The molecule has 1 atom stereocenters. The van der Waals surface area contributed by atoms with Gasteiger partial charge in [0.25, 0.3) is 0 Å². The average Bonchev–Trinajstić information content (AvgIpc) is 3.37. The predicted molar refractivity (Wildman–Crippen MR) is 137 cm³/mol. The molecule has 0 spiro atoms. The van der Waals surface area contributed by atoms with E-state index in [-0.39, 0.29) is 0 Å². The van der Waals surface area contributed by atoms with Crippen molar-refractivity contribution in [3.8, 4) is 11.6 Å². The lowest BCUT2D eigenvalue weighted by molar-refractivity contribution is 0.717. The van der Waals surface area contributed by atoms with Crippen molar-refractivity contribution in [1.82, 2.24) is 14.1 Å². The Morgan fingerprint density at radius 2 is 1.18 bits per heavy atom. The smallest absolute Gasteiger partial charge is 0.140 e. The van der Waals surface area contributed by atoms with Gasteiger partial charge in [-0.05, 0) is 54.3 Å². The van der Waals surface area contributed by atoms with Gasteiger partial charge in [-0.1, -0.05) is 73.7 Å². The first-order chi connectivity index (χ1) is 16.3. The molecule has 0 fully saturated rings. The van der Waals surface area contributed by atoms with E-state index >= 15 is 0 Å². The number of benzene rings is 3. The molecule has 0 aliphatic heterocycles. The molecule has 3 heterocycles.